The highest BCUT2D eigenvalue weighted by atomic mass is 16.6. The van der Waals surface area contributed by atoms with Gasteiger partial charge in [0.15, 0.2) is 6.23 Å². The third-order valence-corrected chi connectivity index (χ3v) is 2.64. The molecule has 0 spiro atoms. The molecule has 2 rings (SSSR count). The fourth-order valence-corrected chi connectivity index (χ4v) is 1.74. The summed E-state index contributed by atoms with van der Waals surface area (Å²) >= 11 is 0. The van der Waals surface area contributed by atoms with Crippen molar-refractivity contribution < 1.29 is 20.1 Å². The number of aliphatic hydroxyl groups is 3. The van der Waals surface area contributed by atoms with E-state index in [-0.39, 0.29) is 0 Å². The highest BCUT2D eigenvalue weighted by molar-refractivity contribution is 4.92. The van der Waals surface area contributed by atoms with Crippen LogP contribution in [0, 0.1) is 0 Å². The molecule has 1 aliphatic rings. The maximum Gasteiger partial charge on any atom is 0.330 e. The molecular weight excluding hydrogens is 232 g/mol. The molecule has 3 unspecified atom stereocenters. The van der Waals surface area contributed by atoms with Gasteiger partial charge in [0.05, 0.1) is 6.61 Å². The Bertz CT molecular complexity index is 509. The summed E-state index contributed by atoms with van der Waals surface area (Å²) in [6.07, 6.45) is -3.58. The number of rotatable bonds is 2. The molecule has 4 atom stereocenters. The van der Waals surface area contributed by atoms with Crippen LogP contribution in [0.25, 0.3) is 0 Å². The van der Waals surface area contributed by atoms with Gasteiger partial charge in [-0.1, -0.05) is 0 Å². The number of H-pyrrole nitrogens is 1. The van der Waals surface area contributed by atoms with Crippen LogP contribution >= 0.6 is 0 Å². The second-order valence-corrected chi connectivity index (χ2v) is 3.75. The predicted octanol–water partition coefficient (Wildman–Crippen LogP) is -2.85. The molecule has 0 saturated carbocycles. The maximum atomic E-state index is 11.4. The molecule has 8 nitrogen and oxygen atoms in total. The molecule has 1 aromatic heterocycles. The molecule has 2 heterocycles. The average Bonchev–Trinajstić information content (AvgIpc) is 2.57. The Morgan fingerprint density at radius 2 is 2.06 bits per heavy atom. The molecular formula is C9H12N2O6. The van der Waals surface area contributed by atoms with Gasteiger partial charge in [-0.05, 0) is 0 Å². The highest BCUT2D eigenvalue weighted by Gasteiger charge is 2.43. The summed E-state index contributed by atoms with van der Waals surface area (Å²) in [6.45, 7) is -0.479. The van der Waals surface area contributed by atoms with Crippen molar-refractivity contribution in [2.75, 3.05) is 6.61 Å². The monoisotopic (exact) mass is 244 g/mol. The first-order valence-electron chi connectivity index (χ1n) is 4.98. The molecule has 1 saturated heterocycles. The van der Waals surface area contributed by atoms with Crippen LogP contribution in [0.5, 0.6) is 0 Å². The number of ether oxygens (including phenoxy) is 1. The Hall–Kier alpha value is -1.48. The van der Waals surface area contributed by atoms with Gasteiger partial charge in [0.2, 0.25) is 0 Å². The third-order valence-electron chi connectivity index (χ3n) is 2.64. The zero-order valence-corrected chi connectivity index (χ0v) is 8.68. The zero-order chi connectivity index (χ0) is 12.6. The molecule has 8 heteroatoms. The minimum Gasteiger partial charge on any atom is -0.394 e. The van der Waals surface area contributed by atoms with Gasteiger partial charge in [0, 0.05) is 12.3 Å². The van der Waals surface area contributed by atoms with Crippen molar-refractivity contribution >= 4 is 0 Å². The summed E-state index contributed by atoms with van der Waals surface area (Å²) in [5, 5.41) is 28.1. The standard InChI is InChI=1S/C9H12N2O6/c12-3-4-6(14)7(15)8(17-4)11-2-1-5(13)10-9(11)16/h1-2,4,6-8,12,14-15H,3H2,(H,10,13,16)/t4?,6-,7?,8?/m0/s1. The van der Waals surface area contributed by atoms with E-state index in [0.29, 0.717) is 0 Å². The Morgan fingerprint density at radius 3 is 2.59 bits per heavy atom. The Kier molecular flexibility index (Phi) is 3.11. The van der Waals surface area contributed by atoms with Gasteiger partial charge in [0.25, 0.3) is 5.56 Å². The fourth-order valence-electron chi connectivity index (χ4n) is 1.74. The predicted molar refractivity (Wildman–Crippen MR) is 54.3 cm³/mol. The Morgan fingerprint density at radius 1 is 1.35 bits per heavy atom. The van der Waals surface area contributed by atoms with E-state index < -0.39 is 42.4 Å². The van der Waals surface area contributed by atoms with Crippen LogP contribution in [0.1, 0.15) is 6.23 Å². The maximum absolute atomic E-state index is 11.4. The van der Waals surface area contributed by atoms with E-state index in [4.69, 9.17) is 9.84 Å². The zero-order valence-electron chi connectivity index (χ0n) is 8.68. The third kappa shape index (κ3) is 2.03. The quantitative estimate of drug-likeness (QED) is 0.444. The first kappa shape index (κ1) is 12.0. The van der Waals surface area contributed by atoms with E-state index in [2.05, 4.69) is 0 Å². The van der Waals surface area contributed by atoms with E-state index in [0.717, 1.165) is 16.8 Å². The van der Waals surface area contributed by atoms with Gasteiger partial charge in [0.1, 0.15) is 18.3 Å². The van der Waals surface area contributed by atoms with Crippen LogP contribution < -0.4 is 11.2 Å². The normalized spacial score (nSPS) is 32.9. The van der Waals surface area contributed by atoms with Gasteiger partial charge in [-0.15, -0.1) is 0 Å². The molecule has 1 fully saturated rings. The van der Waals surface area contributed by atoms with Crippen LogP contribution in [-0.4, -0.2) is 49.8 Å². The van der Waals surface area contributed by atoms with Gasteiger partial charge in [-0.2, -0.15) is 0 Å². The molecule has 1 aliphatic heterocycles. The van der Waals surface area contributed by atoms with E-state index in [1.54, 1.807) is 0 Å². The van der Waals surface area contributed by atoms with Crippen LogP contribution in [0.15, 0.2) is 21.9 Å². The number of aliphatic hydroxyl groups excluding tert-OH is 3. The molecule has 4 N–H and O–H groups in total. The average molecular weight is 244 g/mol. The summed E-state index contributed by atoms with van der Waals surface area (Å²) in [6, 6.07) is 1.09. The fraction of sp³-hybridized carbons (Fsp3) is 0.556. The summed E-state index contributed by atoms with van der Waals surface area (Å²) in [5.74, 6) is 0. The Balaban J connectivity index is 2.35. The number of nitrogens with one attached hydrogen (secondary N) is 1. The molecule has 1 aromatic rings. The molecule has 0 aliphatic carbocycles. The molecule has 94 valence electrons. The van der Waals surface area contributed by atoms with E-state index >= 15 is 0 Å². The van der Waals surface area contributed by atoms with Gasteiger partial charge < -0.3 is 20.1 Å². The van der Waals surface area contributed by atoms with Gasteiger partial charge >= 0.3 is 5.69 Å². The number of nitrogens with zero attached hydrogens (tertiary/aromatic N) is 1. The lowest BCUT2D eigenvalue weighted by Crippen LogP contribution is -2.37. The van der Waals surface area contributed by atoms with Crippen LogP contribution in [0.3, 0.4) is 0 Å². The minimum atomic E-state index is -1.35. The van der Waals surface area contributed by atoms with Gasteiger partial charge in [-0.25, -0.2) is 4.79 Å². The molecule has 0 radical (unpaired) electrons. The lowest BCUT2D eigenvalue weighted by molar-refractivity contribution is -0.0550. The number of hydrogen-bond donors (Lipinski definition) is 4. The van der Waals surface area contributed by atoms with Crippen LogP contribution in [0.4, 0.5) is 0 Å². The first-order chi connectivity index (χ1) is 8.04. The van der Waals surface area contributed by atoms with Crippen LogP contribution in [-0.2, 0) is 4.74 Å². The number of aromatic nitrogens is 2. The SMILES string of the molecule is O=c1ccn(C2OC(CO)[C@H](O)C2O)c(=O)[nH]1. The van der Waals surface area contributed by atoms with Crippen molar-refractivity contribution in [2.45, 2.75) is 24.5 Å². The largest absolute Gasteiger partial charge is 0.394 e. The molecule has 0 aromatic carbocycles. The summed E-state index contributed by atoms with van der Waals surface area (Å²) in [5.41, 5.74) is -1.33. The Labute approximate surface area is 94.7 Å². The minimum absolute atomic E-state index is 0.479. The second kappa shape index (κ2) is 4.41. The van der Waals surface area contributed by atoms with E-state index in [1.165, 1.54) is 0 Å². The molecule has 0 bridgehead atoms. The van der Waals surface area contributed by atoms with Crippen LogP contribution in [0.2, 0.25) is 0 Å². The van der Waals surface area contributed by atoms with Crippen molar-refractivity contribution in [3.8, 4) is 0 Å². The lowest BCUT2D eigenvalue weighted by atomic mass is 10.1. The second-order valence-electron chi connectivity index (χ2n) is 3.75. The van der Waals surface area contributed by atoms with Crippen molar-refractivity contribution in [1.82, 2.24) is 9.55 Å². The van der Waals surface area contributed by atoms with Gasteiger partial charge in [-0.3, -0.25) is 14.3 Å². The van der Waals surface area contributed by atoms with E-state index in [1.807, 2.05) is 4.98 Å². The smallest absolute Gasteiger partial charge is 0.330 e. The first-order valence-corrected chi connectivity index (χ1v) is 4.98. The van der Waals surface area contributed by atoms with Crippen molar-refractivity contribution in [2.24, 2.45) is 0 Å². The van der Waals surface area contributed by atoms with Crippen molar-refractivity contribution in [3.05, 3.63) is 33.1 Å². The van der Waals surface area contributed by atoms with Crippen molar-refractivity contribution in [3.63, 3.8) is 0 Å². The lowest BCUT2D eigenvalue weighted by Gasteiger charge is -2.16. The molecule has 0 amide bonds. The summed E-state index contributed by atoms with van der Waals surface area (Å²) in [4.78, 5) is 24.3. The number of aromatic amines is 1. The molecule has 17 heavy (non-hydrogen) atoms. The highest BCUT2D eigenvalue weighted by Crippen LogP contribution is 2.27. The van der Waals surface area contributed by atoms with E-state index in [9.17, 15) is 19.8 Å². The van der Waals surface area contributed by atoms with Crippen molar-refractivity contribution in [1.29, 1.82) is 0 Å². The summed E-state index contributed by atoms with van der Waals surface area (Å²) in [7, 11) is 0. The topological polar surface area (TPSA) is 125 Å². The number of hydrogen-bond acceptors (Lipinski definition) is 6. The summed E-state index contributed by atoms with van der Waals surface area (Å²) < 4.78 is 6.08.